The Hall–Kier alpha value is -3.65. The van der Waals surface area contributed by atoms with E-state index in [-0.39, 0.29) is 41.4 Å². The summed E-state index contributed by atoms with van der Waals surface area (Å²) in [6, 6.07) is 6.45. The van der Waals surface area contributed by atoms with Crippen molar-refractivity contribution in [1.82, 2.24) is 15.5 Å². The largest absolute Gasteiger partial charge is 0.478 e. The first-order valence-electron chi connectivity index (χ1n) is 14.3. The molecule has 3 N–H and O–H groups in total. The molecule has 0 unspecified atom stereocenters. The molecule has 0 radical (unpaired) electrons. The molecular weight excluding hydrogens is 526 g/mol. The third-order valence-electron chi connectivity index (χ3n) is 9.09. The standard InChI is InChI=1S/C30H39N5O6/c1-29(2,3)24(34-25(36)16-10-11-40-15-16)28(39)35-14-18-22(30(18,4)5)23(35)27(38)32-17(13-31)12-21-26(37)33-19-8-6-7-9-20(19)41-21/h6-9,16-18,21-24H,10-12,14-15H2,1-5H3,(H,32,38)(H,33,37)(H,34,36)/t16-,17-,18-,21-,22-,23-,24+/m0/s1. The summed E-state index contributed by atoms with van der Waals surface area (Å²) >= 11 is 0. The first kappa shape index (κ1) is 28.9. The fraction of sp³-hybridized carbons (Fsp3) is 0.633. The Balaban J connectivity index is 1.31. The van der Waals surface area contributed by atoms with Gasteiger partial charge >= 0.3 is 0 Å². The summed E-state index contributed by atoms with van der Waals surface area (Å²) in [5.41, 5.74) is -0.194. The number of amides is 4. The van der Waals surface area contributed by atoms with Gasteiger partial charge in [-0.2, -0.15) is 5.26 Å². The molecule has 0 spiro atoms. The molecule has 1 saturated carbocycles. The average Bonchev–Trinajstić information content (AvgIpc) is 3.36. The molecule has 1 aromatic rings. The van der Waals surface area contributed by atoms with Gasteiger partial charge in [0.15, 0.2) is 6.10 Å². The number of piperidine rings is 1. The van der Waals surface area contributed by atoms with Gasteiger partial charge < -0.3 is 30.3 Å². The molecule has 3 heterocycles. The van der Waals surface area contributed by atoms with Crippen LogP contribution in [-0.4, -0.2) is 72.5 Å². The zero-order chi connectivity index (χ0) is 29.7. The molecule has 11 nitrogen and oxygen atoms in total. The van der Waals surface area contributed by atoms with Crippen LogP contribution in [0, 0.1) is 39.9 Å². The molecule has 2 saturated heterocycles. The third kappa shape index (κ3) is 5.49. The van der Waals surface area contributed by atoms with Crippen LogP contribution in [-0.2, 0) is 23.9 Å². The van der Waals surface area contributed by atoms with E-state index in [4.69, 9.17) is 9.47 Å². The minimum Gasteiger partial charge on any atom is -0.478 e. The molecular formula is C30H39N5O6. The lowest BCUT2D eigenvalue weighted by Gasteiger charge is -2.38. The molecule has 41 heavy (non-hydrogen) atoms. The van der Waals surface area contributed by atoms with E-state index < -0.39 is 41.5 Å². The van der Waals surface area contributed by atoms with Crippen LogP contribution in [0.2, 0.25) is 0 Å². The Kier molecular flexibility index (Phi) is 7.49. The maximum Gasteiger partial charge on any atom is 0.265 e. The summed E-state index contributed by atoms with van der Waals surface area (Å²) in [6.07, 6.45) is -0.403. The number of nitrogens with one attached hydrogen (secondary N) is 3. The molecule has 4 aliphatic rings. The summed E-state index contributed by atoms with van der Waals surface area (Å²) in [6.45, 7) is 11.0. The van der Waals surface area contributed by atoms with Gasteiger partial charge in [0.2, 0.25) is 17.7 Å². The fourth-order valence-electron chi connectivity index (χ4n) is 6.49. The van der Waals surface area contributed by atoms with Gasteiger partial charge in [-0.05, 0) is 41.2 Å². The van der Waals surface area contributed by atoms with Crippen molar-refractivity contribution in [2.45, 2.75) is 71.7 Å². The Morgan fingerprint density at radius 3 is 2.59 bits per heavy atom. The number of ether oxygens (including phenoxy) is 2. The lowest BCUT2D eigenvalue weighted by Crippen LogP contribution is -2.60. The normalized spacial score (nSPS) is 29.1. The van der Waals surface area contributed by atoms with E-state index in [1.54, 1.807) is 29.2 Å². The maximum atomic E-state index is 14.0. The molecule has 11 heteroatoms. The van der Waals surface area contributed by atoms with Gasteiger partial charge in [-0.25, -0.2) is 0 Å². The van der Waals surface area contributed by atoms with Crippen LogP contribution >= 0.6 is 0 Å². The van der Waals surface area contributed by atoms with Crippen molar-refractivity contribution < 1.29 is 28.7 Å². The number of anilines is 1. The van der Waals surface area contributed by atoms with Gasteiger partial charge in [0.25, 0.3) is 5.91 Å². The summed E-state index contributed by atoms with van der Waals surface area (Å²) in [5, 5.41) is 18.4. The van der Waals surface area contributed by atoms with E-state index in [0.717, 1.165) is 0 Å². The SMILES string of the molecule is CC(C)(C)[C@H](NC(=O)[C@H]1CCOC1)C(=O)N1C[C@H]2[C@@H]([C@H]1C(=O)N[C@H](C#N)C[C@@H]1Oc3ccccc3NC1=O)C2(C)C. The highest BCUT2D eigenvalue weighted by atomic mass is 16.5. The van der Waals surface area contributed by atoms with E-state index in [0.29, 0.717) is 37.6 Å². The van der Waals surface area contributed by atoms with E-state index in [9.17, 15) is 24.4 Å². The second kappa shape index (κ2) is 10.6. The Morgan fingerprint density at radius 2 is 1.93 bits per heavy atom. The van der Waals surface area contributed by atoms with Gasteiger partial charge in [0.05, 0.1) is 24.3 Å². The summed E-state index contributed by atoms with van der Waals surface area (Å²) in [5.74, 6) is -1.13. The lowest BCUT2D eigenvalue weighted by atomic mass is 9.84. The van der Waals surface area contributed by atoms with Gasteiger partial charge in [-0.1, -0.05) is 46.8 Å². The molecule has 4 amide bonds. The minimum absolute atomic E-state index is 0.0509. The minimum atomic E-state index is -1.01. The number of nitriles is 1. The predicted molar refractivity (Wildman–Crippen MR) is 148 cm³/mol. The summed E-state index contributed by atoms with van der Waals surface area (Å²) < 4.78 is 11.2. The number of hydrogen-bond donors (Lipinski definition) is 3. The van der Waals surface area contributed by atoms with E-state index in [2.05, 4.69) is 35.9 Å². The highest BCUT2D eigenvalue weighted by Crippen LogP contribution is 2.65. The van der Waals surface area contributed by atoms with Crippen LogP contribution in [0.4, 0.5) is 5.69 Å². The summed E-state index contributed by atoms with van der Waals surface area (Å²) in [4.78, 5) is 55.0. The van der Waals surface area contributed by atoms with Crippen LogP contribution in [0.15, 0.2) is 24.3 Å². The van der Waals surface area contributed by atoms with Gasteiger partial charge in [0, 0.05) is 19.6 Å². The van der Waals surface area contributed by atoms with Crippen LogP contribution < -0.4 is 20.7 Å². The van der Waals surface area contributed by atoms with Crippen LogP contribution in [0.25, 0.3) is 0 Å². The Morgan fingerprint density at radius 1 is 1.20 bits per heavy atom. The van der Waals surface area contributed by atoms with Crippen molar-refractivity contribution in [2.24, 2.45) is 28.6 Å². The zero-order valence-corrected chi connectivity index (χ0v) is 24.2. The smallest absolute Gasteiger partial charge is 0.265 e. The van der Waals surface area contributed by atoms with Crippen LogP contribution in [0.1, 0.15) is 47.5 Å². The number of rotatable bonds is 7. The average molecular weight is 566 g/mol. The monoisotopic (exact) mass is 565 g/mol. The second-order valence-electron chi connectivity index (χ2n) is 13.3. The molecule has 1 aliphatic carbocycles. The summed E-state index contributed by atoms with van der Waals surface area (Å²) in [7, 11) is 0. The third-order valence-corrected chi connectivity index (χ3v) is 9.09. The number of carbonyl (C=O) groups is 4. The van der Waals surface area contributed by atoms with Crippen molar-refractivity contribution >= 4 is 29.3 Å². The molecule has 1 aromatic carbocycles. The number of nitrogens with zero attached hydrogens (tertiary/aromatic N) is 2. The van der Waals surface area contributed by atoms with Gasteiger partial charge in [0.1, 0.15) is 23.9 Å². The maximum absolute atomic E-state index is 14.0. The van der Waals surface area contributed by atoms with Crippen molar-refractivity contribution in [2.75, 3.05) is 25.1 Å². The number of para-hydroxylation sites is 2. The molecule has 5 rings (SSSR count). The van der Waals surface area contributed by atoms with Crippen LogP contribution in [0.3, 0.4) is 0 Å². The molecule has 220 valence electrons. The molecule has 3 fully saturated rings. The zero-order valence-electron chi connectivity index (χ0n) is 24.2. The van der Waals surface area contributed by atoms with Gasteiger partial charge in [-0.15, -0.1) is 0 Å². The van der Waals surface area contributed by atoms with E-state index >= 15 is 0 Å². The molecule has 0 bridgehead atoms. The number of carbonyl (C=O) groups excluding carboxylic acids is 4. The highest BCUT2D eigenvalue weighted by molar-refractivity contribution is 5.98. The topological polar surface area (TPSA) is 150 Å². The predicted octanol–water partition coefficient (Wildman–Crippen LogP) is 1.83. The van der Waals surface area contributed by atoms with Crippen molar-refractivity contribution in [1.29, 1.82) is 5.26 Å². The number of hydrogen-bond acceptors (Lipinski definition) is 7. The lowest BCUT2D eigenvalue weighted by molar-refractivity contribution is -0.146. The first-order chi connectivity index (χ1) is 19.3. The number of likely N-dealkylation sites (tertiary alicyclic amines) is 1. The fourth-order valence-corrected chi connectivity index (χ4v) is 6.49. The van der Waals surface area contributed by atoms with Crippen molar-refractivity contribution in [3.63, 3.8) is 0 Å². The number of benzene rings is 1. The molecule has 0 aromatic heterocycles. The van der Waals surface area contributed by atoms with Crippen molar-refractivity contribution in [3.8, 4) is 11.8 Å². The first-order valence-corrected chi connectivity index (χ1v) is 14.3. The quantitative estimate of drug-likeness (QED) is 0.457. The second-order valence-corrected chi connectivity index (χ2v) is 13.3. The van der Waals surface area contributed by atoms with Crippen LogP contribution in [0.5, 0.6) is 5.75 Å². The van der Waals surface area contributed by atoms with E-state index in [1.165, 1.54) is 0 Å². The number of fused-ring (bicyclic) bond motifs is 2. The molecule has 7 atom stereocenters. The van der Waals surface area contributed by atoms with E-state index in [1.807, 2.05) is 20.8 Å². The molecule has 3 aliphatic heterocycles. The highest BCUT2D eigenvalue weighted by Gasteiger charge is 2.69. The Bertz CT molecular complexity index is 1280. The van der Waals surface area contributed by atoms with Gasteiger partial charge in [-0.3, -0.25) is 19.2 Å². The van der Waals surface area contributed by atoms with Crippen molar-refractivity contribution in [3.05, 3.63) is 24.3 Å². The Labute approximate surface area is 240 Å².